The first-order chi connectivity index (χ1) is 13.6. The van der Waals surface area contributed by atoms with E-state index >= 15 is 0 Å². The fraction of sp³-hybridized carbons (Fsp3) is 0.368. The van der Waals surface area contributed by atoms with Gasteiger partial charge in [0, 0.05) is 11.5 Å². The highest BCUT2D eigenvalue weighted by atomic mass is 19.4. The molecular weight excluding hydrogens is 406 g/mol. The van der Waals surface area contributed by atoms with Crippen LogP contribution in [0, 0.1) is 30.3 Å². The Labute approximate surface area is 161 Å². The van der Waals surface area contributed by atoms with Crippen molar-refractivity contribution in [2.75, 3.05) is 19.8 Å². The number of aryl methyl sites for hydroxylation is 1. The number of alkyl halides is 3. The van der Waals surface area contributed by atoms with Crippen molar-refractivity contribution in [2.24, 2.45) is 5.92 Å². The molecule has 1 saturated heterocycles. The average Bonchev–Trinajstić information content (AvgIpc) is 2.62. The van der Waals surface area contributed by atoms with Crippen LogP contribution in [0.4, 0.5) is 26.3 Å². The molecule has 0 unspecified atom stereocenters. The van der Waals surface area contributed by atoms with Crippen LogP contribution in [-0.4, -0.2) is 26.2 Å². The van der Waals surface area contributed by atoms with Gasteiger partial charge in [0.05, 0.1) is 19.8 Å². The summed E-state index contributed by atoms with van der Waals surface area (Å²) in [4.78, 5) is 0. The minimum Gasteiger partial charge on any atom is -0.487 e. The fourth-order valence-electron chi connectivity index (χ4n) is 2.73. The first-order valence-corrected chi connectivity index (χ1v) is 8.49. The standard InChI is InChI=1S/C19H16F6O4/c1-10-4-14(21)17(15(22)5-10)26-7-11-8-27-18(28-9-11)12-2-3-16(13(20)6-12)29-19(23,24)25/h2-6,11,18H,7-9H2,1H3. The second kappa shape index (κ2) is 8.50. The average molecular weight is 422 g/mol. The molecule has 1 fully saturated rings. The SMILES string of the molecule is Cc1cc(F)c(OCC2COC(c3ccc(OC(F)(F)F)c(F)c3)OC2)c(F)c1. The molecule has 2 aromatic carbocycles. The minimum absolute atomic E-state index is 0.0716. The van der Waals surface area contributed by atoms with Gasteiger partial charge in [0.2, 0.25) is 0 Å². The maximum Gasteiger partial charge on any atom is 0.573 e. The van der Waals surface area contributed by atoms with Gasteiger partial charge in [-0.3, -0.25) is 0 Å². The second-order valence-electron chi connectivity index (χ2n) is 6.47. The van der Waals surface area contributed by atoms with Crippen LogP contribution in [0.15, 0.2) is 30.3 Å². The molecule has 0 amide bonds. The summed E-state index contributed by atoms with van der Waals surface area (Å²) in [5.41, 5.74) is 0.574. The summed E-state index contributed by atoms with van der Waals surface area (Å²) in [6.45, 7) is 1.60. The summed E-state index contributed by atoms with van der Waals surface area (Å²) in [7, 11) is 0. The summed E-state index contributed by atoms with van der Waals surface area (Å²) in [6.07, 6.45) is -6.02. The molecule has 2 aromatic rings. The van der Waals surface area contributed by atoms with Crippen LogP contribution in [0.2, 0.25) is 0 Å². The van der Waals surface area contributed by atoms with E-state index in [0.29, 0.717) is 5.56 Å². The molecule has 0 spiro atoms. The monoisotopic (exact) mass is 422 g/mol. The van der Waals surface area contributed by atoms with Gasteiger partial charge in [-0.1, -0.05) is 6.07 Å². The normalized spacial score (nSPS) is 19.8. The van der Waals surface area contributed by atoms with E-state index in [9.17, 15) is 26.3 Å². The van der Waals surface area contributed by atoms with Crippen molar-refractivity contribution in [3.8, 4) is 11.5 Å². The van der Waals surface area contributed by atoms with Gasteiger partial charge >= 0.3 is 6.36 Å². The van der Waals surface area contributed by atoms with E-state index in [-0.39, 0.29) is 31.3 Å². The summed E-state index contributed by atoms with van der Waals surface area (Å²) in [6, 6.07) is 5.11. The van der Waals surface area contributed by atoms with Crippen molar-refractivity contribution in [1.29, 1.82) is 0 Å². The molecule has 1 heterocycles. The zero-order chi connectivity index (χ0) is 21.2. The Morgan fingerprint density at radius 1 is 0.966 bits per heavy atom. The number of halogens is 6. The first-order valence-electron chi connectivity index (χ1n) is 8.49. The highest BCUT2D eigenvalue weighted by Crippen LogP contribution is 2.31. The van der Waals surface area contributed by atoms with E-state index < -0.39 is 41.6 Å². The van der Waals surface area contributed by atoms with Crippen molar-refractivity contribution in [3.63, 3.8) is 0 Å². The predicted octanol–water partition coefficient (Wildman–Crippen LogP) is 5.05. The smallest absolute Gasteiger partial charge is 0.487 e. The lowest BCUT2D eigenvalue weighted by atomic mass is 10.1. The lowest BCUT2D eigenvalue weighted by Crippen LogP contribution is -2.31. The van der Waals surface area contributed by atoms with Crippen LogP contribution in [0.25, 0.3) is 0 Å². The molecule has 10 heteroatoms. The van der Waals surface area contributed by atoms with E-state index in [1.165, 1.54) is 6.07 Å². The highest BCUT2D eigenvalue weighted by molar-refractivity contribution is 5.31. The minimum atomic E-state index is -5.01. The quantitative estimate of drug-likeness (QED) is 0.632. The van der Waals surface area contributed by atoms with Crippen LogP contribution >= 0.6 is 0 Å². The van der Waals surface area contributed by atoms with Gasteiger partial charge in [0.25, 0.3) is 0 Å². The molecule has 158 valence electrons. The van der Waals surface area contributed by atoms with Crippen LogP contribution in [-0.2, 0) is 9.47 Å². The molecule has 0 bridgehead atoms. The second-order valence-corrected chi connectivity index (χ2v) is 6.47. The summed E-state index contributed by atoms with van der Waals surface area (Å²) < 4.78 is 97.5. The van der Waals surface area contributed by atoms with E-state index in [0.717, 1.165) is 24.3 Å². The van der Waals surface area contributed by atoms with Gasteiger partial charge < -0.3 is 18.9 Å². The van der Waals surface area contributed by atoms with Crippen LogP contribution in [0.1, 0.15) is 17.4 Å². The van der Waals surface area contributed by atoms with Crippen molar-refractivity contribution < 1.29 is 45.3 Å². The molecular formula is C19H16F6O4. The van der Waals surface area contributed by atoms with Crippen molar-refractivity contribution in [2.45, 2.75) is 19.6 Å². The number of hydrogen-bond donors (Lipinski definition) is 0. The van der Waals surface area contributed by atoms with Crippen molar-refractivity contribution in [3.05, 3.63) is 58.9 Å². The number of rotatable bonds is 5. The van der Waals surface area contributed by atoms with Crippen LogP contribution < -0.4 is 9.47 Å². The Hall–Kier alpha value is -2.46. The maximum absolute atomic E-state index is 13.8. The molecule has 0 aliphatic carbocycles. The lowest BCUT2D eigenvalue weighted by Gasteiger charge is -2.29. The lowest BCUT2D eigenvalue weighted by molar-refractivity contribution is -0.275. The fourth-order valence-corrected chi connectivity index (χ4v) is 2.73. The molecule has 1 aliphatic rings. The molecule has 0 saturated carbocycles. The zero-order valence-electron chi connectivity index (χ0n) is 15.1. The van der Waals surface area contributed by atoms with Crippen molar-refractivity contribution in [1.82, 2.24) is 0 Å². The molecule has 4 nitrogen and oxygen atoms in total. The van der Waals surface area contributed by atoms with Gasteiger partial charge in [0.1, 0.15) is 0 Å². The third kappa shape index (κ3) is 5.54. The number of benzene rings is 2. The van der Waals surface area contributed by atoms with E-state index in [1.54, 1.807) is 6.92 Å². The Morgan fingerprint density at radius 2 is 1.59 bits per heavy atom. The van der Waals surface area contributed by atoms with Gasteiger partial charge in [0.15, 0.2) is 35.2 Å². The van der Waals surface area contributed by atoms with Gasteiger partial charge in [-0.15, -0.1) is 13.2 Å². The largest absolute Gasteiger partial charge is 0.573 e. The van der Waals surface area contributed by atoms with Gasteiger partial charge in [-0.05, 0) is 36.8 Å². The summed E-state index contributed by atoms with van der Waals surface area (Å²) in [5, 5.41) is 0. The molecule has 0 atom stereocenters. The van der Waals surface area contributed by atoms with E-state index in [2.05, 4.69) is 4.74 Å². The van der Waals surface area contributed by atoms with Crippen molar-refractivity contribution >= 4 is 0 Å². The zero-order valence-corrected chi connectivity index (χ0v) is 15.1. The molecule has 0 radical (unpaired) electrons. The number of hydrogen-bond acceptors (Lipinski definition) is 4. The van der Waals surface area contributed by atoms with Gasteiger partial charge in [-0.2, -0.15) is 0 Å². The first kappa shape index (κ1) is 21.3. The Morgan fingerprint density at radius 3 is 2.14 bits per heavy atom. The molecule has 1 aliphatic heterocycles. The Bertz CT molecular complexity index is 839. The maximum atomic E-state index is 13.8. The third-order valence-corrected chi connectivity index (χ3v) is 4.03. The van der Waals surface area contributed by atoms with Crippen LogP contribution in [0.5, 0.6) is 11.5 Å². The van der Waals surface area contributed by atoms with E-state index in [1.807, 2.05) is 0 Å². The number of ether oxygens (including phenoxy) is 4. The molecule has 29 heavy (non-hydrogen) atoms. The molecule has 0 N–H and O–H groups in total. The molecule has 3 rings (SSSR count). The van der Waals surface area contributed by atoms with E-state index in [4.69, 9.17) is 14.2 Å². The summed E-state index contributed by atoms with van der Waals surface area (Å²) >= 11 is 0. The topological polar surface area (TPSA) is 36.9 Å². The Kier molecular flexibility index (Phi) is 6.23. The third-order valence-electron chi connectivity index (χ3n) is 4.03. The predicted molar refractivity (Wildman–Crippen MR) is 87.8 cm³/mol. The van der Waals surface area contributed by atoms with Crippen LogP contribution in [0.3, 0.4) is 0 Å². The van der Waals surface area contributed by atoms with Gasteiger partial charge in [-0.25, -0.2) is 13.2 Å². The highest BCUT2D eigenvalue weighted by Gasteiger charge is 2.33. The Balaban J connectivity index is 1.55. The molecule has 0 aromatic heterocycles. The summed E-state index contributed by atoms with van der Waals surface area (Å²) in [5.74, 6) is -4.69.